The van der Waals surface area contributed by atoms with Crippen LogP contribution < -0.4 is 24.8 Å². The third-order valence-corrected chi connectivity index (χ3v) is 12.2. The molecule has 370 valence electrons. The number of rotatable bonds is 16. The highest BCUT2D eigenvalue weighted by atomic mass is 16.5. The molecule has 0 radical (unpaired) electrons. The molecule has 0 spiro atoms. The van der Waals surface area contributed by atoms with Gasteiger partial charge in [-0.15, -0.1) is 0 Å². The van der Waals surface area contributed by atoms with Crippen LogP contribution in [0.5, 0.6) is 17.2 Å². The summed E-state index contributed by atoms with van der Waals surface area (Å²) < 4.78 is 32.2. The molecule has 5 aromatic rings. The number of fused-ring (bicyclic) bond motifs is 6. The Bertz CT molecular complexity index is 2420. The fraction of sp³-hybridized carbons (Fsp3) is 0.368. The third-order valence-electron chi connectivity index (χ3n) is 12.2. The van der Waals surface area contributed by atoms with Crippen LogP contribution in [0.1, 0.15) is 84.7 Å². The van der Waals surface area contributed by atoms with E-state index < -0.39 is 0 Å². The highest BCUT2D eigenvalue weighted by molar-refractivity contribution is 5.79. The zero-order valence-electron chi connectivity index (χ0n) is 40.5. The molecule has 0 saturated carbocycles. The minimum absolute atomic E-state index is 0.120. The first-order chi connectivity index (χ1) is 34.3. The van der Waals surface area contributed by atoms with Gasteiger partial charge in [0, 0.05) is 54.7 Å². The Morgan fingerprint density at radius 2 is 1.29 bits per heavy atom. The quantitative estimate of drug-likeness (QED) is 0.0319. The van der Waals surface area contributed by atoms with Crippen molar-refractivity contribution in [3.05, 3.63) is 174 Å². The number of nitrogens with one attached hydrogen (secondary N) is 2. The maximum absolute atomic E-state index is 12.6. The van der Waals surface area contributed by atoms with Crippen LogP contribution in [-0.4, -0.2) is 87.4 Å². The Balaban J connectivity index is 0.000000159. The van der Waals surface area contributed by atoms with Crippen LogP contribution in [0.4, 0.5) is 0 Å². The number of nitrogens with zero attached hydrogens (tertiary/aromatic N) is 1. The number of hydrogen-bond donors (Lipinski definition) is 2. The number of ether oxygens (including phenoxy) is 6. The van der Waals surface area contributed by atoms with E-state index in [1.54, 1.807) is 24.3 Å². The lowest BCUT2D eigenvalue weighted by Crippen LogP contribution is -2.39. The first-order valence-electron chi connectivity index (χ1n) is 24.3. The molecule has 0 amide bonds. The molecule has 6 unspecified atom stereocenters. The van der Waals surface area contributed by atoms with E-state index >= 15 is 0 Å². The maximum atomic E-state index is 12.6. The van der Waals surface area contributed by atoms with Crippen molar-refractivity contribution in [3.63, 3.8) is 0 Å². The minimum atomic E-state index is -0.218. The highest BCUT2D eigenvalue weighted by Crippen LogP contribution is 2.48. The number of benzene rings is 5. The lowest BCUT2D eigenvalue weighted by atomic mass is 9.91. The van der Waals surface area contributed by atoms with Gasteiger partial charge < -0.3 is 33.7 Å². The van der Waals surface area contributed by atoms with E-state index in [9.17, 15) is 19.2 Å². The summed E-state index contributed by atoms with van der Waals surface area (Å²) in [4.78, 5) is 48.2. The van der Waals surface area contributed by atoms with Crippen LogP contribution in [0.3, 0.4) is 0 Å². The first kappa shape index (κ1) is 52.6. The molecule has 13 nitrogen and oxygen atoms in total. The molecule has 0 aromatic heterocycles. The smallest absolute Gasteiger partial charge is 0.323 e. The third kappa shape index (κ3) is 14.9. The molecular formula is C57H67N3O10. The SMILES string of the molecule is C=CCOc1ccccc1C=O.CCOC(=O)C1CC2COc3ccccc3C2N1.CCOC(=O)C1CC2COc3ccccc3C2N1Cc1ccccc1.CCOC(=O)CCNCc1ccccc1. The van der Waals surface area contributed by atoms with Crippen molar-refractivity contribution in [1.29, 1.82) is 0 Å². The van der Waals surface area contributed by atoms with E-state index in [0.717, 1.165) is 49.3 Å². The molecule has 2 fully saturated rings. The van der Waals surface area contributed by atoms with Gasteiger partial charge in [-0.25, -0.2) is 0 Å². The van der Waals surface area contributed by atoms with Gasteiger partial charge in [-0.05, 0) is 69.0 Å². The molecule has 4 heterocycles. The predicted molar refractivity (Wildman–Crippen MR) is 268 cm³/mol. The molecule has 13 heteroatoms. The van der Waals surface area contributed by atoms with Crippen LogP contribution in [0.2, 0.25) is 0 Å². The average molecular weight is 954 g/mol. The summed E-state index contributed by atoms with van der Waals surface area (Å²) in [7, 11) is 0. The Morgan fingerprint density at radius 1 is 0.700 bits per heavy atom. The predicted octanol–water partition coefficient (Wildman–Crippen LogP) is 9.03. The molecule has 2 saturated heterocycles. The summed E-state index contributed by atoms with van der Waals surface area (Å²) in [5.74, 6) is 2.73. The van der Waals surface area contributed by atoms with Crippen LogP contribution >= 0.6 is 0 Å². The van der Waals surface area contributed by atoms with Crippen LogP contribution in [0, 0.1) is 11.8 Å². The fourth-order valence-electron chi connectivity index (χ4n) is 9.08. The lowest BCUT2D eigenvalue weighted by molar-refractivity contribution is -0.149. The van der Waals surface area contributed by atoms with Gasteiger partial charge in [-0.2, -0.15) is 0 Å². The lowest BCUT2D eigenvalue weighted by Gasteiger charge is -2.35. The standard InChI is InChI=1S/C21H23NO3.C14H17NO3.C12H17NO2.C10H10O2/c1-2-24-21(23)18-12-16-14-25-19-11-7-6-10-17(19)20(16)22(18)13-15-8-4-3-5-9-15;1-2-17-14(16)11-7-9-8-18-12-6-4-3-5-10(12)13(9)15-11;1-2-15-12(14)8-9-13-10-11-6-4-3-5-7-11;1-2-7-12-10-6-4-3-5-9(10)8-11/h3-11,16,18,20H,2,12-14H2,1H3;3-6,9,11,13,15H,2,7-8H2,1H3;3-7,13H,2,8-10H2,1H3;2-6,8H,1,7H2. The van der Waals surface area contributed by atoms with Gasteiger partial charge in [0.05, 0.1) is 45.0 Å². The van der Waals surface area contributed by atoms with E-state index in [4.69, 9.17) is 28.4 Å². The summed E-state index contributed by atoms with van der Waals surface area (Å²) in [6.07, 6.45) is 4.42. The zero-order valence-corrected chi connectivity index (χ0v) is 40.5. The van der Waals surface area contributed by atoms with E-state index in [-0.39, 0.29) is 42.1 Å². The molecule has 4 aliphatic heterocycles. The Labute approximate surface area is 412 Å². The van der Waals surface area contributed by atoms with Crippen LogP contribution in [0.25, 0.3) is 0 Å². The van der Waals surface area contributed by atoms with E-state index in [0.29, 0.717) is 75.8 Å². The molecule has 0 bridgehead atoms. The van der Waals surface area contributed by atoms with Crippen molar-refractivity contribution in [2.45, 2.75) is 77.3 Å². The average Bonchev–Trinajstić information content (AvgIpc) is 4.02. The Hall–Kier alpha value is -6.80. The summed E-state index contributed by atoms with van der Waals surface area (Å²) in [6.45, 7) is 14.3. The molecule has 0 aliphatic carbocycles. The molecule has 5 aromatic carbocycles. The van der Waals surface area contributed by atoms with Gasteiger partial charge in [0.15, 0.2) is 6.29 Å². The highest BCUT2D eigenvalue weighted by Gasteiger charge is 2.48. The zero-order chi connectivity index (χ0) is 49.5. The summed E-state index contributed by atoms with van der Waals surface area (Å²) >= 11 is 0. The maximum Gasteiger partial charge on any atom is 0.323 e. The second-order valence-electron chi connectivity index (χ2n) is 17.0. The molecule has 9 rings (SSSR count). The van der Waals surface area contributed by atoms with Gasteiger partial charge in [0.1, 0.15) is 35.9 Å². The van der Waals surface area contributed by atoms with Crippen LogP contribution in [-0.2, 0) is 41.7 Å². The summed E-state index contributed by atoms with van der Waals surface area (Å²) in [6, 6.07) is 43.7. The van der Waals surface area contributed by atoms with Crippen molar-refractivity contribution in [2.75, 3.05) is 46.2 Å². The normalized spacial score (nSPS) is 20.0. The van der Waals surface area contributed by atoms with Crippen molar-refractivity contribution in [1.82, 2.24) is 15.5 Å². The van der Waals surface area contributed by atoms with Gasteiger partial charge in [0.25, 0.3) is 0 Å². The van der Waals surface area contributed by atoms with Crippen molar-refractivity contribution in [3.8, 4) is 17.2 Å². The second-order valence-corrected chi connectivity index (χ2v) is 17.0. The largest absolute Gasteiger partial charge is 0.493 e. The van der Waals surface area contributed by atoms with E-state index in [1.807, 2.05) is 99.6 Å². The van der Waals surface area contributed by atoms with Gasteiger partial charge in [0.2, 0.25) is 0 Å². The number of esters is 3. The fourth-order valence-corrected chi connectivity index (χ4v) is 9.08. The second kappa shape index (κ2) is 28.0. The molecular weight excluding hydrogens is 887 g/mol. The van der Waals surface area contributed by atoms with Gasteiger partial charge >= 0.3 is 17.9 Å². The number of para-hydroxylation sites is 3. The van der Waals surface area contributed by atoms with Crippen molar-refractivity contribution in [2.24, 2.45) is 11.8 Å². The number of hydrogen-bond acceptors (Lipinski definition) is 13. The molecule has 70 heavy (non-hydrogen) atoms. The minimum Gasteiger partial charge on any atom is -0.493 e. The number of carbonyl (C=O) groups excluding carboxylic acids is 4. The van der Waals surface area contributed by atoms with Gasteiger partial charge in [-0.3, -0.25) is 29.4 Å². The van der Waals surface area contributed by atoms with Crippen molar-refractivity contribution >= 4 is 24.2 Å². The topological polar surface area (TPSA) is 151 Å². The molecule has 6 atom stereocenters. The number of aldehydes is 1. The van der Waals surface area contributed by atoms with E-state index in [1.165, 1.54) is 16.7 Å². The van der Waals surface area contributed by atoms with Gasteiger partial charge in [-0.1, -0.05) is 122 Å². The van der Waals surface area contributed by atoms with Crippen LogP contribution in [0.15, 0.2) is 146 Å². The van der Waals surface area contributed by atoms with E-state index in [2.05, 4.69) is 58.5 Å². The number of likely N-dealkylation sites (tertiary alicyclic amines) is 1. The monoisotopic (exact) mass is 953 g/mol. The molecule has 2 N–H and O–H groups in total. The number of carbonyl (C=O) groups is 4. The first-order valence-corrected chi connectivity index (χ1v) is 24.3. The van der Waals surface area contributed by atoms with Crippen molar-refractivity contribution < 1.29 is 47.6 Å². The summed E-state index contributed by atoms with van der Waals surface area (Å²) in [5, 5.41) is 6.57. The molecule has 4 aliphatic rings. The summed E-state index contributed by atoms with van der Waals surface area (Å²) in [5.41, 5.74) is 5.34. The Kier molecular flexibility index (Phi) is 21.0. The Morgan fingerprint density at radius 3 is 1.96 bits per heavy atom.